The van der Waals surface area contributed by atoms with Crippen LogP contribution in [0.4, 0.5) is 5.69 Å². The van der Waals surface area contributed by atoms with Crippen molar-refractivity contribution in [3.8, 4) is 0 Å². The zero-order valence-corrected chi connectivity index (χ0v) is 12.1. The Bertz CT molecular complexity index is 665. The van der Waals surface area contributed by atoms with Gasteiger partial charge in [-0.1, -0.05) is 18.2 Å². The summed E-state index contributed by atoms with van der Waals surface area (Å²) in [7, 11) is 0. The molecule has 4 heteroatoms. The van der Waals surface area contributed by atoms with E-state index in [1.165, 1.54) is 0 Å². The van der Waals surface area contributed by atoms with E-state index in [0.717, 1.165) is 29.8 Å². The number of aromatic nitrogens is 1. The predicted octanol–water partition coefficient (Wildman–Crippen LogP) is 2.78. The summed E-state index contributed by atoms with van der Waals surface area (Å²) in [6.07, 6.45) is 2.14. The van der Waals surface area contributed by atoms with E-state index in [1.54, 1.807) is 6.07 Å². The normalized spacial score (nSPS) is 14.0. The predicted molar refractivity (Wildman–Crippen MR) is 82.7 cm³/mol. The van der Waals surface area contributed by atoms with Crippen molar-refractivity contribution in [2.24, 2.45) is 0 Å². The van der Waals surface area contributed by atoms with Gasteiger partial charge in [0, 0.05) is 24.0 Å². The highest BCUT2D eigenvalue weighted by Gasteiger charge is 2.33. The van der Waals surface area contributed by atoms with Crippen molar-refractivity contribution in [3.05, 3.63) is 59.4 Å². The highest BCUT2D eigenvalue weighted by molar-refractivity contribution is 5.92. The third-order valence-electron chi connectivity index (χ3n) is 3.66. The van der Waals surface area contributed by atoms with Gasteiger partial charge in [-0.2, -0.15) is 0 Å². The van der Waals surface area contributed by atoms with Gasteiger partial charge in [-0.25, -0.2) is 4.98 Å². The average Bonchev–Trinajstić information content (AvgIpc) is 3.29. The summed E-state index contributed by atoms with van der Waals surface area (Å²) in [6.45, 7) is 2.49. The molecular weight excluding hydrogens is 262 g/mol. The van der Waals surface area contributed by atoms with Crippen LogP contribution in [-0.4, -0.2) is 21.8 Å². The minimum absolute atomic E-state index is 0.00336. The molecule has 0 spiro atoms. The molecule has 0 bridgehead atoms. The summed E-state index contributed by atoms with van der Waals surface area (Å²) in [5.41, 5.74) is 8.98. The van der Waals surface area contributed by atoms with E-state index in [-0.39, 0.29) is 5.91 Å². The van der Waals surface area contributed by atoms with Gasteiger partial charge in [0.15, 0.2) is 0 Å². The molecule has 108 valence electrons. The Labute approximate surface area is 124 Å². The quantitative estimate of drug-likeness (QED) is 0.877. The number of nitrogens with zero attached hydrogens (tertiary/aromatic N) is 2. The maximum absolute atomic E-state index is 12.7. The number of nitrogen functional groups attached to an aromatic ring is 1. The lowest BCUT2D eigenvalue weighted by atomic mass is 10.1. The third-order valence-corrected chi connectivity index (χ3v) is 3.66. The summed E-state index contributed by atoms with van der Waals surface area (Å²) in [4.78, 5) is 19.0. The van der Waals surface area contributed by atoms with Crippen LogP contribution >= 0.6 is 0 Å². The number of carbonyl (C=O) groups is 1. The number of benzene rings is 1. The molecule has 1 aromatic heterocycles. The Morgan fingerprint density at radius 3 is 2.71 bits per heavy atom. The Balaban J connectivity index is 1.83. The molecule has 2 aromatic rings. The topological polar surface area (TPSA) is 59.2 Å². The Morgan fingerprint density at radius 2 is 2.05 bits per heavy atom. The Morgan fingerprint density at radius 1 is 1.29 bits per heavy atom. The maximum Gasteiger partial charge on any atom is 0.273 e. The molecule has 0 unspecified atom stereocenters. The fraction of sp³-hybridized carbons (Fsp3) is 0.294. The molecule has 4 nitrogen and oxygen atoms in total. The monoisotopic (exact) mass is 281 g/mol. The van der Waals surface area contributed by atoms with Crippen molar-refractivity contribution >= 4 is 11.6 Å². The van der Waals surface area contributed by atoms with Gasteiger partial charge in [0.2, 0.25) is 0 Å². The van der Waals surface area contributed by atoms with Crippen LogP contribution in [0.15, 0.2) is 42.5 Å². The minimum atomic E-state index is 0.00336. The van der Waals surface area contributed by atoms with E-state index in [0.29, 0.717) is 18.3 Å². The average molecular weight is 281 g/mol. The summed E-state index contributed by atoms with van der Waals surface area (Å²) in [5.74, 6) is 0.00336. The zero-order valence-electron chi connectivity index (χ0n) is 12.1. The molecule has 1 heterocycles. The number of amides is 1. The maximum atomic E-state index is 12.7. The van der Waals surface area contributed by atoms with Crippen LogP contribution in [0, 0.1) is 6.92 Å². The second-order valence-corrected chi connectivity index (χ2v) is 5.57. The van der Waals surface area contributed by atoms with E-state index in [9.17, 15) is 4.79 Å². The SMILES string of the molecule is Cc1cccc(C(=O)N(Cc2cccc(N)c2)C2CC2)n1. The fourth-order valence-corrected chi connectivity index (χ4v) is 2.45. The summed E-state index contributed by atoms with van der Waals surface area (Å²) < 4.78 is 0. The van der Waals surface area contributed by atoms with Crippen LogP contribution in [0.3, 0.4) is 0 Å². The van der Waals surface area contributed by atoms with Crippen LogP contribution in [0.5, 0.6) is 0 Å². The van der Waals surface area contributed by atoms with Gasteiger partial charge in [-0.3, -0.25) is 4.79 Å². The highest BCUT2D eigenvalue weighted by Crippen LogP contribution is 2.29. The zero-order chi connectivity index (χ0) is 14.8. The first-order valence-corrected chi connectivity index (χ1v) is 7.22. The summed E-state index contributed by atoms with van der Waals surface area (Å²) >= 11 is 0. The molecule has 1 fully saturated rings. The van der Waals surface area contributed by atoms with Gasteiger partial charge in [0.25, 0.3) is 5.91 Å². The summed E-state index contributed by atoms with van der Waals surface area (Å²) in [6, 6.07) is 13.6. The van der Waals surface area contributed by atoms with Gasteiger partial charge >= 0.3 is 0 Å². The summed E-state index contributed by atoms with van der Waals surface area (Å²) in [5, 5.41) is 0. The molecule has 1 saturated carbocycles. The van der Waals surface area contributed by atoms with Crippen LogP contribution < -0.4 is 5.73 Å². The number of rotatable bonds is 4. The van der Waals surface area contributed by atoms with Crippen LogP contribution in [0.1, 0.15) is 34.6 Å². The van der Waals surface area contributed by atoms with Crippen molar-refractivity contribution in [2.75, 3.05) is 5.73 Å². The molecule has 1 aliphatic carbocycles. The molecule has 1 amide bonds. The van der Waals surface area contributed by atoms with Crippen molar-refractivity contribution in [2.45, 2.75) is 32.4 Å². The van der Waals surface area contributed by atoms with Crippen molar-refractivity contribution in [1.29, 1.82) is 0 Å². The van der Waals surface area contributed by atoms with E-state index >= 15 is 0 Å². The van der Waals surface area contributed by atoms with E-state index in [2.05, 4.69) is 4.98 Å². The number of anilines is 1. The van der Waals surface area contributed by atoms with Crippen molar-refractivity contribution in [1.82, 2.24) is 9.88 Å². The van der Waals surface area contributed by atoms with Gasteiger partial charge < -0.3 is 10.6 Å². The third kappa shape index (κ3) is 3.21. The van der Waals surface area contributed by atoms with Gasteiger partial charge in [0.1, 0.15) is 5.69 Å². The number of aryl methyl sites for hydroxylation is 1. The number of hydrogen-bond donors (Lipinski definition) is 1. The molecule has 1 aliphatic rings. The van der Waals surface area contributed by atoms with E-state index < -0.39 is 0 Å². The number of nitrogens with two attached hydrogens (primary N) is 1. The Kier molecular flexibility index (Phi) is 3.60. The van der Waals surface area contributed by atoms with E-state index in [4.69, 9.17) is 5.73 Å². The van der Waals surface area contributed by atoms with Gasteiger partial charge in [-0.05, 0) is 49.6 Å². The van der Waals surface area contributed by atoms with E-state index in [1.807, 2.05) is 48.2 Å². The second-order valence-electron chi connectivity index (χ2n) is 5.57. The lowest BCUT2D eigenvalue weighted by molar-refractivity contribution is 0.0723. The molecule has 2 N–H and O–H groups in total. The van der Waals surface area contributed by atoms with Crippen molar-refractivity contribution < 1.29 is 4.79 Å². The molecule has 0 saturated heterocycles. The molecule has 0 radical (unpaired) electrons. The molecule has 0 atom stereocenters. The smallest absolute Gasteiger partial charge is 0.273 e. The first kappa shape index (κ1) is 13.6. The largest absolute Gasteiger partial charge is 0.399 e. The first-order chi connectivity index (χ1) is 10.1. The van der Waals surface area contributed by atoms with Crippen LogP contribution in [0.25, 0.3) is 0 Å². The standard InChI is InChI=1S/C17H19N3O/c1-12-4-2-7-16(19-12)17(21)20(15-8-9-15)11-13-5-3-6-14(18)10-13/h2-7,10,15H,8-9,11,18H2,1H3. The molecule has 3 rings (SSSR count). The first-order valence-electron chi connectivity index (χ1n) is 7.22. The van der Waals surface area contributed by atoms with Crippen LogP contribution in [0.2, 0.25) is 0 Å². The lowest BCUT2D eigenvalue weighted by Crippen LogP contribution is -2.33. The Hall–Kier alpha value is -2.36. The van der Waals surface area contributed by atoms with Gasteiger partial charge in [0.05, 0.1) is 0 Å². The minimum Gasteiger partial charge on any atom is -0.399 e. The molecule has 21 heavy (non-hydrogen) atoms. The number of pyridine rings is 1. The molecule has 1 aromatic carbocycles. The molecule has 0 aliphatic heterocycles. The molecular formula is C17H19N3O. The number of carbonyl (C=O) groups excluding carboxylic acids is 1. The van der Waals surface area contributed by atoms with Gasteiger partial charge in [-0.15, -0.1) is 0 Å². The lowest BCUT2D eigenvalue weighted by Gasteiger charge is -2.22. The fourth-order valence-electron chi connectivity index (χ4n) is 2.45. The van der Waals surface area contributed by atoms with Crippen molar-refractivity contribution in [3.63, 3.8) is 0 Å². The second kappa shape index (κ2) is 5.56. The number of hydrogen-bond acceptors (Lipinski definition) is 3. The highest BCUT2D eigenvalue weighted by atomic mass is 16.2. The van der Waals surface area contributed by atoms with Crippen LogP contribution in [-0.2, 0) is 6.54 Å².